The van der Waals surface area contributed by atoms with Gasteiger partial charge < -0.3 is 14.8 Å². The summed E-state index contributed by atoms with van der Waals surface area (Å²) in [6, 6.07) is 14.2. The summed E-state index contributed by atoms with van der Waals surface area (Å²) in [5, 5.41) is 5.47. The molecule has 4 rings (SSSR count). The van der Waals surface area contributed by atoms with Crippen molar-refractivity contribution in [3.63, 3.8) is 0 Å². The molecule has 144 valence electrons. The molecule has 0 radical (unpaired) electrons. The van der Waals surface area contributed by atoms with Gasteiger partial charge in [-0.1, -0.05) is 30.3 Å². The monoisotopic (exact) mass is 394 g/mol. The lowest BCUT2D eigenvalue weighted by molar-refractivity contribution is -0.125. The van der Waals surface area contributed by atoms with Crippen molar-refractivity contribution in [2.75, 3.05) is 19.5 Å². The van der Waals surface area contributed by atoms with E-state index in [-0.39, 0.29) is 11.8 Å². The zero-order chi connectivity index (χ0) is 19.7. The molecule has 0 saturated heterocycles. The minimum absolute atomic E-state index is 0.0366. The van der Waals surface area contributed by atoms with Gasteiger partial charge in [0, 0.05) is 17.5 Å². The van der Waals surface area contributed by atoms with E-state index in [1.807, 2.05) is 42.6 Å². The van der Waals surface area contributed by atoms with E-state index >= 15 is 0 Å². The highest BCUT2D eigenvalue weighted by Gasteiger charge is 2.49. The van der Waals surface area contributed by atoms with Crippen LogP contribution in [0.25, 0.3) is 0 Å². The number of ether oxygens (including phenoxy) is 2. The number of anilines is 1. The normalized spacial score (nSPS) is 20.5. The number of amides is 1. The van der Waals surface area contributed by atoms with Gasteiger partial charge in [0.05, 0.1) is 19.6 Å². The summed E-state index contributed by atoms with van der Waals surface area (Å²) in [7, 11) is 3.26. The van der Waals surface area contributed by atoms with E-state index in [0.29, 0.717) is 23.1 Å². The number of hydrogen-bond acceptors (Lipinski definition) is 5. The maximum atomic E-state index is 13.4. The number of hydrogen-bond donors (Lipinski definition) is 1. The van der Waals surface area contributed by atoms with Crippen molar-refractivity contribution >= 4 is 22.4 Å². The van der Waals surface area contributed by atoms with Crippen LogP contribution in [-0.4, -0.2) is 25.1 Å². The Bertz CT molecular complexity index is 989. The second kappa shape index (κ2) is 7.28. The molecule has 28 heavy (non-hydrogen) atoms. The molecule has 6 heteroatoms. The summed E-state index contributed by atoms with van der Waals surface area (Å²) >= 11 is 1.42. The number of nitrogens with one attached hydrogen (secondary N) is 1. The molecule has 0 fully saturated rings. The fourth-order valence-electron chi connectivity index (χ4n) is 4.13. The molecule has 0 aliphatic heterocycles. The Kier molecular flexibility index (Phi) is 4.81. The molecule has 1 heterocycles. The second-order valence-corrected chi connectivity index (χ2v) is 8.03. The summed E-state index contributed by atoms with van der Waals surface area (Å²) in [5.74, 6) is 1.22. The molecule has 0 spiro atoms. The van der Waals surface area contributed by atoms with Crippen LogP contribution in [0.5, 0.6) is 11.5 Å². The third-order valence-electron chi connectivity index (χ3n) is 5.46. The molecule has 1 N–H and O–H groups in total. The maximum Gasteiger partial charge on any atom is 0.233 e. The van der Waals surface area contributed by atoms with Gasteiger partial charge in [0.25, 0.3) is 0 Å². The van der Waals surface area contributed by atoms with Crippen LogP contribution < -0.4 is 14.8 Å². The Balaban J connectivity index is 1.82. The fraction of sp³-hybridized carbons (Fsp3) is 0.273. The number of nitrogens with zero attached hydrogens (tertiary/aromatic N) is 1. The summed E-state index contributed by atoms with van der Waals surface area (Å²) in [6.45, 7) is 2.02. The van der Waals surface area contributed by atoms with Crippen molar-refractivity contribution in [2.45, 2.75) is 19.3 Å². The van der Waals surface area contributed by atoms with E-state index in [1.165, 1.54) is 11.3 Å². The Morgan fingerprint density at radius 2 is 1.89 bits per heavy atom. The van der Waals surface area contributed by atoms with Crippen LogP contribution in [0, 0.1) is 5.41 Å². The topological polar surface area (TPSA) is 60.5 Å². The number of benzene rings is 2. The van der Waals surface area contributed by atoms with Crippen molar-refractivity contribution in [3.8, 4) is 11.5 Å². The first kappa shape index (κ1) is 18.5. The van der Waals surface area contributed by atoms with Crippen LogP contribution >= 0.6 is 11.3 Å². The molecule has 3 aromatic rings. The van der Waals surface area contributed by atoms with E-state index in [2.05, 4.69) is 22.4 Å². The first-order valence-electron chi connectivity index (χ1n) is 9.07. The minimum Gasteiger partial charge on any atom is -0.493 e. The Morgan fingerprint density at radius 3 is 2.54 bits per heavy atom. The molecule has 1 aromatic heterocycles. The highest BCUT2D eigenvalue weighted by atomic mass is 32.1. The average Bonchev–Trinajstić information content (AvgIpc) is 3.32. The van der Waals surface area contributed by atoms with E-state index in [0.717, 1.165) is 16.7 Å². The van der Waals surface area contributed by atoms with E-state index in [4.69, 9.17) is 9.47 Å². The molecule has 1 aliphatic carbocycles. The third-order valence-corrected chi connectivity index (χ3v) is 6.14. The highest BCUT2D eigenvalue weighted by Crippen LogP contribution is 2.53. The summed E-state index contributed by atoms with van der Waals surface area (Å²) in [6.07, 6.45) is 2.30. The molecule has 0 bridgehead atoms. The van der Waals surface area contributed by atoms with Gasteiger partial charge in [-0.05, 0) is 42.2 Å². The largest absolute Gasteiger partial charge is 0.493 e. The van der Waals surface area contributed by atoms with Crippen molar-refractivity contribution < 1.29 is 14.3 Å². The third kappa shape index (κ3) is 3.03. The molecule has 2 aromatic carbocycles. The Labute approximate surface area is 168 Å². The number of aromatic nitrogens is 1. The van der Waals surface area contributed by atoms with Gasteiger partial charge in [-0.3, -0.25) is 4.79 Å². The summed E-state index contributed by atoms with van der Waals surface area (Å²) < 4.78 is 11.0. The van der Waals surface area contributed by atoms with Gasteiger partial charge in [-0.2, -0.15) is 0 Å². The van der Waals surface area contributed by atoms with Crippen molar-refractivity contribution in [3.05, 3.63) is 70.7 Å². The zero-order valence-electron chi connectivity index (χ0n) is 16.1. The van der Waals surface area contributed by atoms with Crippen LogP contribution in [0.15, 0.2) is 54.0 Å². The van der Waals surface area contributed by atoms with Gasteiger partial charge in [0.15, 0.2) is 16.6 Å². The molecule has 1 amide bonds. The highest BCUT2D eigenvalue weighted by molar-refractivity contribution is 7.13. The standard InChI is InChI=1S/C22H22N2O3S/c1-22(20(25)24-21-23-9-10-28-21)13-15-11-17(26-2)18(27-3)12-16(15)19(22)14-7-5-4-6-8-14/h4-12,19H,13H2,1-3H3,(H,23,24,25). The maximum absolute atomic E-state index is 13.4. The number of fused-ring (bicyclic) bond motifs is 1. The summed E-state index contributed by atoms with van der Waals surface area (Å²) in [4.78, 5) is 17.6. The molecule has 2 atom stereocenters. The zero-order valence-corrected chi connectivity index (χ0v) is 16.9. The number of rotatable bonds is 5. The minimum atomic E-state index is -0.660. The lowest BCUT2D eigenvalue weighted by Crippen LogP contribution is -2.37. The van der Waals surface area contributed by atoms with Crippen LogP contribution in [0.3, 0.4) is 0 Å². The molecule has 0 saturated carbocycles. The predicted octanol–water partition coefficient (Wildman–Crippen LogP) is 4.49. The smallest absolute Gasteiger partial charge is 0.233 e. The van der Waals surface area contributed by atoms with Crippen molar-refractivity contribution in [2.24, 2.45) is 5.41 Å². The quantitative estimate of drug-likeness (QED) is 0.692. The van der Waals surface area contributed by atoms with Gasteiger partial charge in [0.1, 0.15) is 0 Å². The van der Waals surface area contributed by atoms with Crippen LogP contribution in [0.1, 0.15) is 29.5 Å². The van der Waals surface area contributed by atoms with Crippen LogP contribution in [0.4, 0.5) is 5.13 Å². The van der Waals surface area contributed by atoms with Gasteiger partial charge >= 0.3 is 0 Å². The molecule has 5 nitrogen and oxygen atoms in total. The first-order valence-corrected chi connectivity index (χ1v) is 9.95. The van der Waals surface area contributed by atoms with E-state index < -0.39 is 5.41 Å². The van der Waals surface area contributed by atoms with Crippen LogP contribution in [0.2, 0.25) is 0 Å². The Hall–Kier alpha value is -2.86. The lowest BCUT2D eigenvalue weighted by Gasteiger charge is -2.31. The summed E-state index contributed by atoms with van der Waals surface area (Å²) in [5.41, 5.74) is 2.64. The average molecular weight is 394 g/mol. The predicted molar refractivity (Wildman–Crippen MR) is 110 cm³/mol. The number of carbonyl (C=O) groups excluding carboxylic acids is 1. The molecular weight excluding hydrogens is 372 g/mol. The molecule has 2 unspecified atom stereocenters. The number of carbonyl (C=O) groups is 1. The number of thiazole rings is 1. The Morgan fingerprint density at radius 1 is 1.18 bits per heavy atom. The first-order chi connectivity index (χ1) is 13.6. The molecular formula is C22H22N2O3S. The van der Waals surface area contributed by atoms with Crippen molar-refractivity contribution in [1.29, 1.82) is 0 Å². The van der Waals surface area contributed by atoms with Gasteiger partial charge in [-0.25, -0.2) is 4.98 Å². The lowest BCUT2D eigenvalue weighted by atomic mass is 9.73. The SMILES string of the molecule is COc1cc2c(cc1OC)C(c1ccccc1)C(C)(C(=O)Nc1nccs1)C2. The number of methoxy groups -OCH3 is 2. The van der Waals surface area contributed by atoms with Crippen LogP contribution in [-0.2, 0) is 11.2 Å². The van der Waals surface area contributed by atoms with Gasteiger partial charge in [-0.15, -0.1) is 11.3 Å². The molecule has 1 aliphatic rings. The van der Waals surface area contributed by atoms with Gasteiger partial charge in [0.2, 0.25) is 5.91 Å². The van der Waals surface area contributed by atoms with Crippen molar-refractivity contribution in [1.82, 2.24) is 4.98 Å². The van der Waals surface area contributed by atoms with E-state index in [9.17, 15) is 4.79 Å². The van der Waals surface area contributed by atoms with E-state index in [1.54, 1.807) is 20.4 Å². The second-order valence-electron chi connectivity index (χ2n) is 7.14. The fourth-order valence-corrected chi connectivity index (χ4v) is 4.65.